The number of hydrogen-bond donors (Lipinski definition) is 1. The number of hydrogen-bond acceptors (Lipinski definition) is 3. The maximum atomic E-state index is 11.9. The summed E-state index contributed by atoms with van der Waals surface area (Å²) in [5, 5.41) is 13.7. The van der Waals surface area contributed by atoms with Crippen LogP contribution in [-0.4, -0.2) is 5.91 Å². The Morgan fingerprint density at radius 2 is 2.22 bits per heavy atom. The number of carbonyl (C=O) groups excluding carboxylic acids is 1. The average molecular weight is 389 g/mol. The SMILES string of the molecule is N#Cc1cc(NC(=O)c2csc(I)c2)ccc1Cl. The third-order valence-corrected chi connectivity index (χ3v) is 4.29. The highest BCUT2D eigenvalue weighted by atomic mass is 127. The first-order valence-corrected chi connectivity index (χ1v) is 7.19. The molecule has 0 unspecified atom stereocenters. The van der Waals surface area contributed by atoms with Crippen LogP contribution in [-0.2, 0) is 0 Å². The summed E-state index contributed by atoms with van der Waals surface area (Å²) in [6.07, 6.45) is 0. The van der Waals surface area contributed by atoms with Gasteiger partial charge in [-0.15, -0.1) is 11.3 Å². The molecule has 6 heteroatoms. The van der Waals surface area contributed by atoms with E-state index in [1.165, 1.54) is 11.3 Å². The van der Waals surface area contributed by atoms with Crippen molar-refractivity contribution in [2.45, 2.75) is 0 Å². The van der Waals surface area contributed by atoms with Crippen LogP contribution in [0, 0.1) is 14.2 Å². The van der Waals surface area contributed by atoms with Gasteiger partial charge in [0.2, 0.25) is 0 Å². The van der Waals surface area contributed by atoms with E-state index in [4.69, 9.17) is 16.9 Å². The summed E-state index contributed by atoms with van der Waals surface area (Å²) in [5.74, 6) is -0.194. The minimum absolute atomic E-state index is 0.194. The van der Waals surface area contributed by atoms with Crippen molar-refractivity contribution in [3.63, 3.8) is 0 Å². The van der Waals surface area contributed by atoms with E-state index in [1.807, 2.05) is 12.1 Å². The van der Waals surface area contributed by atoms with Gasteiger partial charge >= 0.3 is 0 Å². The van der Waals surface area contributed by atoms with Crippen molar-refractivity contribution in [1.82, 2.24) is 0 Å². The molecule has 3 nitrogen and oxygen atoms in total. The van der Waals surface area contributed by atoms with Gasteiger partial charge in [0.25, 0.3) is 5.91 Å². The van der Waals surface area contributed by atoms with Gasteiger partial charge in [0.15, 0.2) is 0 Å². The van der Waals surface area contributed by atoms with Crippen molar-refractivity contribution in [2.24, 2.45) is 0 Å². The smallest absolute Gasteiger partial charge is 0.256 e. The quantitative estimate of drug-likeness (QED) is 0.787. The highest BCUT2D eigenvalue weighted by molar-refractivity contribution is 14.1. The van der Waals surface area contributed by atoms with Gasteiger partial charge in [-0.05, 0) is 46.9 Å². The Labute approximate surface area is 127 Å². The van der Waals surface area contributed by atoms with E-state index in [9.17, 15) is 4.79 Å². The molecule has 0 aliphatic heterocycles. The third-order valence-electron chi connectivity index (χ3n) is 2.17. The van der Waals surface area contributed by atoms with E-state index >= 15 is 0 Å². The minimum Gasteiger partial charge on any atom is -0.322 e. The van der Waals surface area contributed by atoms with Gasteiger partial charge in [-0.3, -0.25) is 4.79 Å². The van der Waals surface area contributed by atoms with Crippen LogP contribution in [0.25, 0.3) is 0 Å². The molecular formula is C12H6ClIN2OS. The minimum atomic E-state index is -0.194. The van der Waals surface area contributed by atoms with E-state index in [-0.39, 0.29) is 5.91 Å². The van der Waals surface area contributed by atoms with E-state index in [0.717, 1.165) is 2.88 Å². The molecule has 1 aromatic carbocycles. The fourth-order valence-electron chi connectivity index (χ4n) is 1.32. The third kappa shape index (κ3) is 3.02. The molecule has 0 fully saturated rings. The predicted molar refractivity (Wildman–Crippen MR) is 81.2 cm³/mol. The van der Waals surface area contributed by atoms with Gasteiger partial charge in [0.05, 0.1) is 19.0 Å². The van der Waals surface area contributed by atoms with Crippen molar-refractivity contribution in [3.8, 4) is 6.07 Å². The van der Waals surface area contributed by atoms with Gasteiger partial charge in [-0.25, -0.2) is 0 Å². The van der Waals surface area contributed by atoms with E-state index in [0.29, 0.717) is 21.8 Å². The number of nitriles is 1. The Balaban J connectivity index is 2.20. The molecule has 0 saturated carbocycles. The average Bonchev–Trinajstić information content (AvgIpc) is 2.78. The lowest BCUT2D eigenvalue weighted by atomic mass is 10.2. The molecule has 18 heavy (non-hydrogen) atoms. The molecule has 1 heterocycles. The van der Waals surface area contributed by atoms with Crippen LogP contribution in [0.2, 0.25) is 5.02 Å². The lowest BCUT2D eigenvalue weighted by Crippen LogP contribution is -2.10. The topological polar surface area (TPSA) is 52.9 Å². The van der Waals surface area contributed by atoms with Gasteiger partial charge in [0, 0.05) is 11.1 Å². The first-order chi connectivity index (χ1) is 8.60. The van der Waals surface area contributed by atoms with Crippen LogP contribution in [0.4, 0.5) is 5.69 Å². The Kier molecular flexibility index (Phi) is 4.22. The molecule has 0 spiro atoms. The molecule has 0 saturated heterocycles. The van der Waals surface area contributed by atoms with Crippen molar-refractivity contribution in [3.05, 3.63) is 48.7 Å². The molecule has 0 radical (unpaired) electrons. The summed E-state index contributed by atoms with van der Waals surface area (Å²) in [7, 11) is 0. The van der Waals surface area contributed by atoms with Gasteiger partial charge in [-0.1, -0.05) is 11.6 Å². The zero-order valence-electron chi connectivity index (χ0n) is 8.91. The lowest BCUT2D eigenvalue weighted by Gasteiger charge is -2.04. The number of thiophene rings is 1. The molecule has 1 aromatic heterocycles. The summed E-state index contributed by atoms with van der Waals surface area (Å²) < 4.78 is 1.05. The van der Waals surface area contributed by atoms with Crippen LogP contribution in [0.5, 0.6) is 0 Å². The highest BCUT2D eigenvalue weighted by Crippen LogP contribution is 2.21. The Hall–Kier alpha value is -1.10. The number of anilines is 1. The Morgan fingerprint density at radius 1 is 1.44 bits per heavy atom. The molecule has 1 amide bonds. The number of carbonyl (C=O) groups is 1. The Morgan fingerprint density at radius 3 is 2.83 bits per heavy atom. The second-order valence-electron chi connectivity index (χ2n) is 3.40. The summed E-state index contributed by atoms with van der Waals surface area (Å²) in [6.45, 7) is 0. The molecule has 2 rings (SSSR count). The number of amides is 1. The fraction of sp³-hybridized carbons (Fsp3) is 0. The first kappa shape index (κ1) is 13.3. The first-order valence-electron chi connectivity index (χ1n) is 4.85. The largest absolute Gasteiger partial charge is 0.322 e. The Bertz CT molecular complexity index is 648. The van der Waals surface area contributed by atoms with Crippen molar-refractivity contribution >= 4 is 57.1 Å². The lowest BCUT2D eigenvalue weighted by molar-refractivity contribution is 0.102. The van der Waals surface area contributed by atoms with E-state index in [2.05, 4.69) is 27.9 Å². The van der Waals surface area contributed by atoms with E-state index < -0.39 is 0 Å². The molecule has 2 aromatic rings. The van der Waals surface area contributed by atoms with Crippen molar-refractivity contribution < 1.29 is 4.79 Å². The second-order valence-corrected chi connectivity index (χ2v) is 6.61. The number of benzene rings is 1. The second kappa shape index (κ2) is 5.69. The maximum absolute atomic E-state index is 11.9. The summed E-state index contributed by atoms with van der Waals surface area (Å²) in [4.78, 5) is 11.9. The maximum Gasteiger partial charge on any atom is 0.256 e. The zero-order valence-corrected chi connectivity index (χ0v) is 12.6. The molecule has 90 valence electrons. The number of halogens is 2. The highest BCUT2D eigenvalue weighted by Gasteiger charge is 2.09. The summed E-state index contributed by atoms with van der Waals surface area (Å²) >= 11 is 9.48. The van der Waals surface area contributed by atoms with Crippen molar-refractivity contribution in [2.75, 3.05) is 5.32 Å². The van der Waals surface area contributed by atoms with Gasteiger partial charge in [0.1, 0.15) is 6.07 Å². The number of nitrogens with zero attached hydrogens (tertiary/aromatic N) is 1. The van der Waals surface area contributed by atoms with Crippen LogP contribution in [0.15, 0.2) is 29.6 Å². The normalized spacial score (nSPS) is 9.83. The van der Waals surface area contributed by atoms with Gasteiger partial charge < -0.3 is 5.32 Å². The standard InChI is InChI=1S/C12H6ClIN2OS/c13-10-2-1-9(3-7(10)5-15)16-12(17)8-4-11(14)18-6-8/h1-4,6H,(H,16,17). The molecule has 0 aliphatic carbocycles. The monoisotopic (exact) mass is 388 g/mol. The van der Waals surface area contributed by atoms with Crippen molar-refractivity contribution in [1.29, 1.82) is 5.26 Å². The molecular weight excluding hydrogens is 383 g/mol. The summed E-state index contributed by atoms with van der Waals surface area (Å²) in [6, 6.07) is 8.59. The van der Waals surface area contributed by atoms with Crippen LogP contribution in [0.3, 0.4) is 0 Å². The predicted octanol–water partition coefficient (Wildman–Crippen LogP) is 4.13. The summed E-state index contributed by atoms with van der Waals surface area (Å²) in [5.41, 5.74) is 1.51. The van der Waals surface area contributed by atoms with Crippen LogP contribution >= 0.6 is 45.5 Å². The number of rotatable bonds is 2. The van der Waals surface area contributed by atoms with E-state index in [1.54, 1.807) is 23.6 Å². The molecule has 0 atom stereocenters. The zero-order chi connectivity index (χ0) is 13.1. The molecule has 0 bridgehead atoms. The molecule has 0 aliphatic rings. The number of nitrogens with one attached hydrogen (secondary N) is 1. The van der Waals surface area contributed by atoms with Crippen LogP contribution in [0.1, 0.15) is 15.9 Å². The fourth-order valence-corrected chi connectivity index (χ4v) is 2.81. The molecule has 1 N–H and O–H groups in total. The van der Waals surface area contributed by atoms with Gasteiger partial charge in [-0.2, -0.15) is 5.26 Å². The van der Waals surface area contributed by atoms with Crippen LogP contribution < -0.4 is 5.32 Å².